The number of hydrogen-bond acceptors (Lipinski definition) is 5. The molecule has 0 spiro atoms. The second kappa shape index (κ2) is 14.9. The van der Waals surface area contributed by atoms with Crippen LogP contribution >= 0.6 is 15.9 Å². The van der Waals surface area contributed by atoms with Crippen molar-refractivity contribution in [3.8, 4) is 5.75 Å². The number of aryl methyl sites for hydroxylation is 1. The van der Waals surface area contributed by atoms with Crippen molar-refractivity contribution in [3.63, 3.8) is 0 Å². The predicted octanol–water partition coefficient (Wildman–Crippen LogP) is 5.62. The molecule has 0 bridgehead atoms. The number of nitrogens with zero attached hydrogens (tertiary/aromatic N) is 2. The van der Waals surface area contributed by atoms with Gasteiger partial charge in [0.2, 0.25) is 21.8 Å². The Labute approximate surface area is 263 Å². The lowest BCUT2D eigenvalue weighted by molar-refractivity contribution is -0.140. The van der Waals surface area contributed by atoms with Gasteiger partial charge in [-0.25, -0.2) is 8.42 Å². The van der Waals surface area contributed by atoms with E-state index in [1.807, 2.05) is 67.6 Å². The van der Waals surface area contributed by atoms with E-state index in [9.17, 15) is 18.0 Å². The van der Waals surface area contributed by atoms with Gasteiger partial charge in [-0.3, -0.25) is 13.9 Å². The Morgan fingerprint density at radius 1 is 0.977 bits per heavy atom. The molecule has 1 aliphatic rings. The van der Waals surface area contributed by atoms with Crippen LogP contribution in [0.4, 0.5) is 5.69 Å². The average molecular weight is 671 g/mol. The van der Waals surface area contributed by atoms with Gasteiger partial charge in [-0.15, -0.1) is 0 Å². The van der Waals surface area contributed by atoms with Gasteiger partial charge < -0.3 is 15.0 Å². The fourth-order valence-corrected chi connectivity index (χ4v) is 6.58. The van der Waals surface area contributed by atoms with Gasteiger partial charge >= 0.3 is 0 Å². The molecule has 0 aromatic heterocycles. The number of carbonyl (C=O) groups is 2. The van der Waals surface area contributed by atoms with E-state index in [1.165, 1.54) is 12.0 Å². The monoisotopic (exact) mass is 669 g/mol. The molecular formula is C33H40BrN3O5S. The molecule has 43 heavy (non-hydrogen) atoms. The van der Waals surface area contributed by atoms with Crippen LogP contribution in [0.5, 0.6) is 5.75 Å². The number of amides is 2. The summed E-state index contributed by atoms with van der Waals surface area (Å²) < 4.78 is 33.7. The summed E-state index contributed by atoms with van der Waals surface area (Å²) in [7, 11) is -2.44. The van der Waals surface area contributed by atoms with E-state index in [-0.39, 0.29) is 30.6 Å². The molecule has 1 aliphatic carbocycles. The summed E-state index contributed by atoms with van der Waals surface area (Å²) in [6.45, 7) is 1.48. The molecule has 2 amide bonds. The normalized spacial score (nSPS) is 14.5. The van der Waals surface area contributed by atoms with Gasteiger partial charge in [-0.1, -0.05) is 83.7 Å². The van der Waals surface area contributed by atoms with Crippen LogP contribution in [0.25, 0.3) is 0 Å². The van der Waals surface area contributed by atoms with E-state index in [0.29, 0.717) is 5.75 Å². The maximum atomic E-state index is 14.3. The molecule has 230 valence electrons. The zero-order chi connectivity index (χ0) is 31.0. The first-order chi connectivity index (χ1) is 20.5. The summed E-state index contributed by atoms with van der Waals surface area (Å²) in [4.78, 5) is 29.9. The third kappa shape index (κ3) is 9.06. The van der Waals surface area contributed by atoms with Crippen molar-refractivity contribution in [2.75, 3.05) is 24.2 Å². The third-order valence-corrected chi connectivity index (χ3v) is 9.43. The number of rotatable bonds is 12. The number of carbonyl (C=O) groups excluding carboxylic acids is 2. The van der Waals surface area contributed by atoms with Crippen LogP contribution in [0, 0.1) is 6.92 Å². The molecule has 1 atom stereocenters. The van der Waals surface area contributed by atoms with Gasteiger partial charge in [0.05, 0.1) is 19.1 Å². The van der Waals surface area contributed by atoms with Crippen molar-refractivity contribution in [2.24, 2.45) is 0 Å². The zero-order valence-electron chi connectivity index (χ0n) is 25.0. The number of nitrogens with one attached hydrogen (secondary N) is 1. The van der Waals surface area contributed by atoms with Crippen LogP contribution in [-0.4, -0.2) is 57.1 Å². The largest absolute Gasteiger partial charge is 0.495 e. The molecule has 1 saturated carbocycles. The highest BCUT2D eigenvalue weighted by atomic mass is 79.9. The lowest BCUT2D eigenvalue weighted by atomic mass is 9.94. The van der Waals surface area contributed by atoms with Crippen molar-refractivity contribution in [1.29, 1.82) is 0 Å². The first-order valence-electron chi connectivity index (χ1n) is 14.6. The van der Waals surface area contributed by atoms with E-state index >= 15 is 0 Å². The van der Waals surface area contributed by atoms with Gasteiger partial charge in [0, 0.05) is 23.5 Å². The molecule has 0 radical (unpaired) electrons. The summed E-state index contributed by atoms with van der Waals surface area (Å²) in [6.07, 6.45) is 6.41. The molecule has 0 unspecified atom stereocenters. The Bertz CT molecular complexity index is 1490. The zero-order valence-corrected chi connectivity index (χ0v) is 27.4. The Kier molecular flexibility index (Phi) is 11.3. The van der Waals surface area contributed by atoms with E-state index in [4.69, 9.17) is 4.74 Å². The maximum Gasteiger partial charge on any atom is 0.244 e. The van der Waals surface area contributed by atoms with E-state index in [0.717, 1.165) is 63.8 Å². The number of benzene rings is 3. The second-order valence-corrected chi connectivity index (χ2v) is 14.0. The van der Waals surface area contributed by atoms with Crippen LogP contribution in [0.2, 0.25) is 0 Å². The number of halogens is 1. The average Bonchev–Trinajstić information content (AvgIpc) is 2.99. The predicted molar refractivity (Wildman–Crippen MR) is 174 cm³/mol. The number of methoxy groups -OCH3 is 1. The maximum absolute atomic E-state index is 14.3. The minimum Gasteiger partial charge on any atom is -0.495 e. The van der Waals surface area contributed by atoms with E-state index < -0.39 is 28.5 Å². The van der Waals surface area contributed by atoms with Gasteiger partial charge in [-0.2, -0.15) is 0 Å². The summed E-state index contributed by atoms with van der Waals surface area (Å²) in [5, 5.41) is 3.22. The number of hydrogen-bond donors (Lipinski definition) is 1. The smallest absolute Gasteiger partial charge is 0.244 e. The van der Waals surface area contributed by atoms with Gasteiger partial charge in [0.15, 0.2) is 0 Å². The van der Waals surface area contributed by atoms with Crippen LogP contribution in [0.3, 0.4) is 0 Å². The lowest BCUT2D eigenvalue weighted by Gasteiger charge is -2.35. The Morgan fingerprint density at radius 2 is 1.65 bits per heavy atom. The fraction of sp³-hybridized carbons (Fsp3) is 0.394. The molecule has 1 N–H and O–H groups in total. The van der Waals surface area contributed by atoms with Gasteiger partial charge in [-0.05, 0) is 60.7 Å². The Morgan fingerprint density at radius 3 is 2.28 bits per heavy atom. The lowest BCUT2D eigenvalue weighted by Crippen LogP contribution is -2.55. The van der Waals surface area contributed by atoms with E-state index in [2.05, 4.69) is 21.2 Å². The number of ether oxygens (including phenoxy) is 1. The van der Waals surface area contributed by atoms with Crippen molar-refractivity contribution in [3.05, 3.63) is 94.0 Å². The van der Waals surface area contributed by atoms with E-state index in [1.54, 1.807) is 12.1 Å². The third-order valence-electron chi connectivity index (χ3n) is 7.77. The molecule has 3 aromatic rings. The highest BCUT2D eigenvalue weighted by molar-refractivity contribution is 9.10. The summed E-state index contributed by atoms with van der Waals surface area (Å²) in [5.74, 6) is -0.393. The van der Waals surface area contributed by atoms with Crippen molar-refractivity contribution >= 4 is 43.5 Å². The highest BCUT2D eigenvalue weighted by Crippen LogP contribution is 2.31. The van der Waals surface area contributed by atoms with Crippen LogP contribution in [0.15, 0.2) is 77.3 Å². The number of anilines is 1. The van der Waals surface area contributed by atoms with Crippen molar-refractivity contribution < 1.29 is 22.7 Å². The molecule has 0 saturated heterocycles. The first-order valence-corrected chi connectivity index (χ1v) is 17.2. The minimum atomic E-state index is -3.90. The minimum absolute atomic E-state index is 0.0493. The summed E-state index contributed by atoms with van der Waals surface area (Å²) in [5.41, 5.74) is 2.81. The Balaban J connectivity index is 1.75. The summed E-state index contributed by atoms with van der Waals surface area (Å²) >= 11 is 3.46. The summed E-state index contributed by atoms with van der Waals surface area (Å²) in [6, 6.07) is 21.5. The molecule has 4 rings (SSSR count). The molecular weight excluding hydrogens is 630 g/mol. The van der Waals surface area contributed by atoms with Gasteiger partial charge in [0.25, 0.3) is 0 Å². The van der Waals surface area contributed by atoms with Crippen LogP contribution in [0.1, 0.15) is 48.8 Å². The molecule has 0 aliphatic heterocycles. The fourth-order valence-electron chi connectivity index (χ4n) is 5.47. The first kappa shape index (κ1) is 32.5. The quantitative estimate of drug-likeness (QED) is 0.270. The van der Waals surface area contributed by atoms with Gasteiger partial charge in [0.1, 0.15) is 18.3 Å². The molecule has 10 heteroatoms. The molecule has 1 fully saturated rings. The number of sulfonamides is 1. The van der Waals surface area contributed by atoms with Crippen molar-refractivity contribution in [1.82, 2.24) is 10.2 Å². The van der Waals surface area contributed by atoms with Crippen LogP contribution in [-0.2, 0) is 32.6 Å². The molecule has 3 aromatic carbocycles. The van der Waals surface area contributed by atoms with Crippen molar-refractivity contribution in [2.45, 2.75) is 64.1 Å². The van der Waals surface area contributed by atoms with Crippen LogP contribution < -0.4 is 14.4 Å². The standard InChI is InChI=1S/C33H40BrN3O5S/c1-24-14-19-31(42-2)29(20-24)37(43(3,40)41)23-32(38)36(22-26-15-17-27(34)18-16-26)30(21-25-10-6-4-7-11-25)33(39)35-28-12-8-5-9-13-28/h4,6-7,10-11,14-20,28,30H,5,8-9,12-13,21-23H2,1-3H3,(H,35,39)/t30-/m0/s1. The topological polar surface area (TPSA) is 96.0 Å². The SMILES string of the molecule is COc1ccc(C)cc1N(CC(=O)N(Cc1ccc(Br)cc1)[C@@H](Cc1ccccc1)C(=O)NC1CCCCC1)S(C)(=O)=O. The second-order valence-electron chi connectivity index (χ2n) is 11.1. The molecule has 0 heterocycles. The highest BCUT2D eigenvalue weighted by Gasteiger charge is 2.34. The molecule has 8 nitrogen and oxygen atoms in total. The Hall–Kier alpha value is -3.37.